The Morgan fingerprint density at radius 3 is 2.62 bits per heavy atom. The quantitative estimate of drug-likeness (QED) is 0.649. The molecule has 1 fully saturated rings. The zero-order chi connectivity index (χ0) is 17.1. The lowest BCUT2D eigenvalue weighted by Crippen LogP contribution is -2.46. The Morgan fingerprint density at radius 1 is 1.38 bits per heavy atom. The summed E-state index contributed by atoms with van der Waals surface area (Å²) in [5, 5.41) is 20.2. The number of piperidine rings is 1. The average Bonchev–Trinajstić information content (AvgIpc) is 3.02. The SMILES string of the molecule is Nc1n[nH]c(N2CCC(NC(=O)C(O)c3ccc(Cl)cc3)CC2)n1. The van der Waals surface area contributed by atoms with E-state index in [1.54, 1.807) is 24.3 Å². The average molecular weight is 351 g/mol. The highest BCUT2D eigenvalue weighted by Crippen LogP contribution is 2.19. The van der Waals surface area contributed by atoms with Crippen molar-refractivity contribution in [2.45, 2.75) is 25.0 Å². The van der Waals surface area contributed by atoms with Crippen molar-refractivity contribution in [1.29, 1.82) is 0 Å². The molecule has 24 heavy (non-hydrogen) atoms. The number of amides is 1. The van der Waals surface area contributed by atoms with Crippen LogP contribution in [0, 0.1) is 0 Å². The number of nitrogens with one attached hydrogen (secondary N) is 2. The van der Waals surface area contributed by atoms with Crippen molar-refractivity contribution in [2.24, 2.45) is 0 Å². The number of aliphatic hydroxyl groups excluding tert-OH is 1. The Balaban J connectivity index is 1.52. The zero-order valence-electron chi connectivity index (χ0n) is 12.9. The monoisotopic (exact) mass is 350 g/mol. The van der Waals surface area contributed by atoms with Crippen LogP contribution in [0.3, 0.4) is 0 Å². The van der Waals surface area contributed by atoms with E-state index in [9.17, 15) is 9.90 Å². The highest BCUT2D eigenvalue weighted by atomic mass is 35.5. The molecular formula is C15H19ClN6O2. The molecule has 128 valence electrons. The molecule has 0 bridgehead atoms. The fourth-order valence-corrected chi connectivity index (χ4v) is 2.85. The summed E-state index contributed by atoms with van der Waals surface area (Å²) in [5.74, 6) is 0.449. The molecule has 0 saturated carbocycles. The fraction of sp³-hybridized carbons (Fsp3) is 0.400. The number of carbonyl (C=O) groups excluding carboxylic acids is 1. The molecule has 0 radical (unpaired) electrons. The number of hydrogen-bond acceptors (Lipinski definition) is 6. The number of nitrogens with two attached hydrogens (primary N) is 1. The van der Waals surface area contributed by atoms with Crippen molar-refractivity contribution in [3.63, 3.8) is 0 Å². The molecular weight excluding hydrogens is 332 g/mol. The van der Waals surface area contributed by atoms with Crippen LogP contribution in [0.5, 0.6) is 0 Å². The van der Waals surface area contributed by atoms with Crippen LogP contribution >= 0.6 is 11.6 Å². The van der Waals surface area contributed by atoms with Crippen LogP contribution in [0.2, 0.25) is 5.02 Å². The molecule has 1 aromatic heterocycles. The predicted molar refractivity (Wildman–Crippen MR) is 90.6 cm³/mol. The number of halogens is 1. The van der Waals surface area contributed by atoms with Gasteiger partial charge in [0.05, 0.1) is 0 Å². The zero-order valence-corrected chi connectivity index (χ0v) is 13.7. The summed E-state index contributed by atoms with van der Waals surface area (Å²) in [6.07, 6.45) is 0.300. The molecule has 0 spiro atoms. The minimum atomic E-state index is -1.20. The lowest BCUT2D eigenvalue weighted by atomic mass is 10.0. The maximum absolute atomic E-state index is 12.2. The molecule has 1 aromatic carbocycles. The Bertz CT molecular complexity index is 696. The number of H-pyrrole nitrogens is 1. The molecule has 1 aliphatic heterocycles. The number of anilines is 2. The first-order valence-electron chi connectivity index (χ1n) is 7.69. The highest BCUT2D eigenvalue weighted by Gasteiger charge is 2.25. The van der Waals surface area contributed by atoms with Crippen LogP contribution in [-0.2, 0) is 4.79 Å². The van der Waals surface area contributed by atoms with Gasteiger partial charge in [0.15, 0.2) is 6.10 Å². The van der Waals surface area contributed by atoms with Crippen LogP contribution in [0.4, 0.5) is 11.9 Å². The topological polar surface area (TPSA) is 120 Å². The standard InChI is InChI=1S/C15H19ClN6O2/c16-10-3-1-9(2-4-10)12(23)13(24)18-11-5-7-22(8-6-11)15-19-14(17)20-21-15/h1-4,11-12,23H,5-8H2,(H,18,24)(H3,17,19,20,21). The minimum Gasteiger partial charge on any atom is -0.378 e. The van der Waals surface area contributed by atoms with Gasteiger partial charge in [0.1, 0.15) is 0 Å². The molecule has 3 rings (SSSR count). The van der Waals surface area contributed by atoms with E-state index in [2.05, 4.69) is 20.5 Å². The normalized spacial score (nSPS) is 16.8. The van der Waals surface area contributed by atoms with Crippen molar-refractivity contribution in [2.75, 3.05) is 23.7 Å². The number of nitrogen functional groups attached to an aromatic ring is 1. The van der Waals surface area contributed by atoms with Gasteiger partial charge in [-0.25, -0.2) is 5.10 Å². The number of aliphatic hydroxyl groups is 1. The largest absolute Gasteiger partial charge is 0.378 e. The maximum atomic E-state index is 12.2. The van der Waals surface area contributed by atoms with E-state index >= 15 is 0 Å². The molecule has 9 heteroatoms. The van der Waals surface area contributed by atoms with E-state index in [1.807, 2.05) is 4.90 Å². The summed E-state index contributed by atoms with van der Waals surface area (Å²) in [4.78, 5) is 18.3. The number of carbonyl (C=O) groups is 1. The van der Waals surface area contributed by atoms with E-state index in [4.69, 9.17) is 17.3 Å². The number of aromatic nitrogens is 3. The first-order valence-corrected chi connectivity index (χ1v) is 8.07. The second-order valence-electron chi connectivity index (χ2n) is 5.74. The van der Waals surface area contributed by atoms with E-state index in [0.717, 1.165) is 25.9 Å². The Morgan fingerprint density at radius 2 is 2.04 bits per heavy atom. The van der Waals surface area contributed by atoms with Crippen LogP contribution in [-0.4, -0.2) is 45.3 Å². The molecule has 0 aliphatic carbocycles. The van der Waals surface area contributed by atoms with Gasteiger partial charge in [-0.05, 0) is 30.5 Å². The molecule has 1 unspecified atom stereocenters. The molecule has 8 nitrogen and oxygen atoms in total. The molecule has 1 saturated heterocycles. The summed E-state index contributed by atoms with van der Waals surface area (Å²) in [5.41, 5.74) is 6.02. The summed E-state index contributed by atoms with van der Waals surface area (Å²) in [6.45, 7) is 1.44. The third-order valence-corrected chi connectivity index (χ3v) is 4.32. The van der Waals surface area contributed by atoms with E-state index < -0.39 is 12.0 Å². The molecule has 2 aromatic rings. The van der Waals surface area contributed by atoms with Gasteiger partial charge in [-0.3, -0.25) is 4.79 Å². The van der Waals surface area contributed by atoms with Crippen molar-refractivity contribution < 1.29 is 9.90 Å². The highest BCUT2D eigenvalue weighted by molar-refractivity contribution is 6.30. The van der Waals surface area contributed by atoms with Gasteiger partial charge in [0, 0.05) is 24.2 Å². The Hall–Kier alpha value is -2.32. The lowest BCUT2D eigenvalue weighted by Gasteiger charge is -2.32. The number of hydrogen-bond donors (Lipinski definition) is 4. The smallest absolute Gasteiger partial charge is 0.253 e. The summed E-state index contributed by atoms with van der Waals surface area (Å²) in [7, 11) is 0. The fourth-order valence-electron chi connectivity index (χ4n) is 2.72. The number of aromatic amines is 1. The molecule has 1 aliphatic rings. The third kappa shape index (κ3) is 3.77. The Kier molecular flexibility index (Phi) is 4.86. The van der Waals surface area contributed by atoms with Crippen LogP contribution in [0.25, 0.3) is 0 Å². The first kappa shape index (κ1) is 16.5. The number of rotatable bonds is 4. The molecule has 1 atom stereocenters. The van der Waals surface area contributed by atoms with Gasteiger partial charge in [-0.2, -0.15) is 4.98 Å². The van der Waals surface area contributed by atoms with Crippen molar-refractivity contribution in [3.05, 3.63) is 34.9 Å². The summed E-state index contributed by atoms with van der Waals surface area (Å²) < 4.78 is 0. The molecule has 5 N–H and O–H groups in total. The Labute approximate surface area is 144 Å². The lowest BCUT2D eigenvalue weighted by molar-refractivity contribution is -0.130. The predicted octanol–water partition coefficient (Wildman–Crippen LogP) is 0.859. The van der Waals surface area contributed by atoms with Crippen molar-refractivity contribution in [3.8, 4) is 0 Å². The van der Waals surface area contributed by atoms with Gasteiger partial charge < -0.3 is 21.1 Å². The van der Waals surface area contributed by atoms with E-state index in [0.29, 0.717) is 16.5 Å². The van der Waals surface area contributed by atoms with Crippen molar-refractivity contribution in [1.82, 2.24) is 20.5 Å². The van der Waals surface area contributed by atoms with E-state index in [1.165, 1.54) is 0 Å². The van der Waals surface area contributed by atoms with Gasteiger partial charge in [-0.1, -0.05) is 23.7 Å². The molecule has 1 amide bonds. The van der Waals surface area contributed by atoms with Crippen LogP contribution < -0.4 is 16.0 Å². The third-order valence-electron chi connectivity index (χ3n) is 4.07. The van der Waals surface area contributed by atoms with Crippen LogP contribution in [0.1, 0.15) is 24.5 Å². The van der Waals surface area contributed by atoms with Gasteiger partial charge >= 0.3 is 0 Å². The molecule has 2 heterocycles. The van der Waals surface area contributed by atoms with Crippen molar-refractivity contribution >= 4 is 29.4 Å². The maximum Gasteiger partial charge on any atom is 0.253 e. The van der Waals surface area contributed by atoms with Gasteiger partial charge in [-0.15, -0.1) is 5.10 Å². The van der Waals surface area contributed by atoms with Gasteiger partial charge in [0.25, 0.3) is 5.91 Å². The second-order valence-corrected chi connectivity index (χ2v) is 6.18. The summed E-state index contributed by atoms with van der Waals surface area (Å²) >= 11 is 5.81. The second kappa shape index (κ2) is 7.06. The first-order chi connectivity index (χ1) is 11.5. The summed E-state index contributed by atoms with van der Waals surface area (Å²) in [6, 6.07) is 6.59. The van der Waals surface area contributed by atoms with E-state index in [-0.39, 0.29) is 12.0 Å². The number of benzene rings is 1. The number of nitrogens with zero attached hydrogens (tertiary/aromatic N) is 3. The van der Waals surface area contributed by atoms with Crippen LogP contribution in [0.15, 0.2) is 24.3 Å². The van der Waals surface area contributed by atoms with Gasteiger partial charge in [0.2, 0.25) is 11.9 Å². The minimum absolute atomic E-state index is 0.0102.